The Balaban J connectivity index is 2.09. The van der Waals surface area contributed by atoms with Crippen LogP contribution in [0.2, 0.25) is 0 Å². The Bertz CT molecular complexity index is 1040. The summed E-state index contributed by atoms with van der Waals surface area (Å²) in [5.74, 6) is 0. The van der Waals surface area contributed by atoms with Gasteiger partial charge in [0.15, 0.2) is 0 Å². The largest absolute Gasteiger partial charge is 0.249 e. The molecule has 3 aromatic rings. The molecule has 0 N–H and O–H groups in total. The molecule has 0 bridgehead atoms. The van der Waals surface area contributed by atoms with Crippen LogP contribution in [0, 0.1) is 13.8 Å². The van der Waals surface area contributed by atoms with E-state index in [1.807, 2.05) is 37.4 Å². The van der Waals surface area contributed by atoms with Crippen LogP contribution >= 0.6 is 11.3 Å². The van der Waals surface area contributed by atoms with Gasteiger partial charge >= 0.3 is 0 Å². The zero-order valence-electron chi connectivity index (χ0n) is 14.4. The average Bonchev–Trinajstić information content (AvgIpc) is 3.14. The fraction of sp³-hybridized carbons (Fsp3) is 0.100. The molecule has 1 unspecified atom stereocenters. The number of rotatable bonds is 5. The number of thiophene rings is 1. The van der Waals surface area contributed by atoms with Crippen LogP contribution in [0.4, 0.5) is 0 Å². The highest BCUT2D eigenvalue weighted by atomic mass is 32.2. The Morgan fingerprint density at radius 3 is 2.04 bits per heavy atom. The molecule has 1 atom stereocenters. The van der Waals surface area contributed by atoms with Gasteiger partial charge in [0.25, 0.3) is 0 Å². The lowest BCUT2D eigenvalue weighted by Gasteiger charge is -2.08. The van der Waals surface area contributed by atoms with E-state index in [9.17, 15) is 12.6 Å². The summed E-state index contributed by atoms with van der Waals surface area (Å²) >= 11 is 1.37. The van der Waals surface area contributed by atoms with Gasteiger partial charge in [-0.1, -0.05) is 41.5 Å². The summed E-state index contributed by atoms with van der Waals surface area (Å²) in [6, 6.07) is 17.5. The first-order valence-corrected chi connectivity index (χ1v) is 11.5. The Morgan fingerprint density at radius 1 is 0.923 bits per heavy atom. The van der Waals surface area contributed by atoms with Gasteiger partial charge in [-0.05, 0) is 49.6 Å². The molecule has 1 heterocycles. The minimum absolute atomic E-state index is 0.193. The van der Waals surface area contributed by atoms with Crippen molar-refractivity contribution >= 4 is 36.9 Å². The van der Waals surface area contributed by atoms with E-state index in [1.54, 1.807) is 42.5 Å². The Labute approximate surface area is 160 Å². The topological polar surface area (TPSA) is 51.2 Å². The summed E-state index contributed by atoms with van der Waals surface area (Å²) in [7, 11) is -5.30. The first-order chi connectivity index (χ1) is 12.4. The van der Waals surface area contributed by atoms with Gasteiger partial charge in [0.1, 0.15) is 0 Å². The quantitative estimate of drug-likeness (QED) is 0.607. The molecule has 134 valence electrons. The van der Waals surface area contributed by atoms with Crippen molar-refractivity contribution in [3.63, 3.8) is 0 Å². The maximum Gasteiger partial charge on any atom is 0.201 e. The molecule has 0 radical (unpaired) electrons. The third kappa shape index (κ3) is 4.20. The van der Waals surface area contributed by atoms with E-state index < -0.39 is 20.6 Å². The zero-order valence-corrected chi connectivity index (χ0v) is 16.8. The lowest BCUT2D eigenvalue weighted by molar-refractivity contribution is 0.604. The summed E-state index contributed by atoms with van der Waals surface area (Å²) < 4.78 is 38.8. The summed E-state index contributed by atoms with van der Waals surface area (Å²) in [5, 5.41) is 2.98. The number of hydrogen-bond acceptors (Lipinski definition) is 4. The third-order valence-corrected chi connectivity index (χ3v) is 7.90. The van der Waals surface area contributed by atoms with Gasteiger partial charge in [0.05, 0.1) is 26.0 Å². The molecule has 0 aliphatic carbocycles. The molecular weight excluding hydrogens is 384 g/mol. The molecule has 6 heteroatoms. The lowest BCUT2D eigenvalue weighted by Crippen LogP contribution is -2.02. The predicted octanol–water partition coefficient (Wildman–Crippen LogP) is 4.95. The van der Waals surface area contributed by atoms with Crippen LogP contribution in [0.3, 0.4) is 0 Å². The van der Waals surface area contributed by atoms with Gasteiger partial charge < -0.3 is 0 Å². The summed E-state index contributed by atoms with van der Waals surface area (Å²) in [6.45, 7) is 3.85. The molecule has 0 saturated carbocycles. The molecule has 0 fully saturated rings. The predicted molar refractivity (Wildman–Crippen MR) is 108 cm³/mol. The minimum Gasteiger partial charge on any atom is -0.249 e. The van der Waals surface area contributed by atoms with Crippen LogP contribution in [0.1, 0.15) is 16.0 Å². The SMILES string of the molecule is Cc1ccc(S(=O)/C(=C/S(=O)(=O)c2ccc(C)cc2)c2cccs2)cc1. The summed E-state index contributed by atoms with van der Waals surface area (Å²) in [4.78, 5) is 1.75. The molecule has 2 aromatic carbocycles. The van der Waals surface area contributed by atoms with Crippen molar-refractivity contribution in [2.24, 2.45) is 0 Å². The highest BCUT2D eigenvalue weighted by molar-refractivity contribution is 7.99. The Morgan fingerprint density at radius 2 is 1.50 bits per heavy atom. The van der Waals surface area contributed by atoms with Gasteiger partial charge in [-0.15, -0.1) is 11.3 Å². The molecule has 0 aliphatic rings. The maximum atomic E-state index is 13.1. The number of sulfone groups is 1. The Kier molecular flexibility index (Phi) is 5.55. The van der Waals surface area contributed by atoms with Gasteiger partial charge in [-0.3, -0.25) is 0 Å². The van der Waals surface area contributed by atoms with Crippen LogP contribution in [-0.2, 0) is 20.6 Å². The number of hydrogen-bond donors (Lipinski definition) is 0. The lowest BCUT2D eigenvalue weighted by atomic mass is 10.2. The molecule has 0 aliphatic heterocycles. The number of benzene rings is 2. The van der Waals surface area contributed by atoms with E-state index in [4.69, 9.17) is 0 Å². The van der Waals surface area contributed by atoms with Crippen LogP contribution in [0.5, 0.6) is 0 Å². The van der Waals surface area contributed by atoms with E-state index in [0.717, 1.165) is 16.5 Å². The van der Waals surface area contributed by atoms with Crippen molar-refractivity contribution in [3.05, 3.63) is 87.5 Å². The first-order valence-electron chi connectivity index (χ1n) is 7.92. The van der Waals surface area contributed by atoms with Gasteiger partial charge in [-0.2, -0.15) is 0 Å². The zero-order chi connectivity index (χ0) is 18.7. The average molecular weight is 403 g/mol. The second-order valence-corrected chi connectivity index (χ2v) is 10.1. The molecule has 0 saturated heterocycles. The second-order valence-electron chi connectivity index (χ2n) is 5.90. The smallest absolute Gasteiger partial charge is 0.201 e. The van der Waals surface area contributed by atoms with Crippen LogP contribution in [0.25, 0.3) is 4.91 Å². The maximum absolute atomic E-state index is 13.1. The van der Waals surface area contributed by atoms with E-state index in [2.05, 4.69) is 0 Å². The Hall–Kier alpha value is -2.02. The van der Waals surface area contributed by atoms with Crippen LogP contribution in [0.15, 0.2) is 81.2 Å². The molecule has 3 nitrogen and oxygen atoms in total. The molecule has 1 aromatic heterocycles. The van der Waals surface area contributed by atoms with E-state index in [0.29, 0.717) is 14.7 Å². The molecule has 26 heavy (non-hydrogen) atoms. The van der Waals surface area contributed by atoms with Crippen molar-refractivity contribution in [1.29, 1.82) is 0 Å². The highest BCUT2D eigenvalue weighted by Crippen LogP contribution is 2.30. The van der Waals surface area contributed by atoms with Gasteiger partial charge in [0.2, 0.25) is 9.84 Å². The number of aryl methyl sites for hydroxylation is 2. The first kappa shape index (κ1) is 18.8. The van der Waals surface area contributed by atoms with Crippen molar-refractivity contribution in [3.8, 4) is 0 Å². The van der Waals surface area contributed by atoms with Crippen molar-refractivity contribution < 1.29 is 12.6 Å². The molecular formula is C20H18O3S3. The fourth-order valence-corrected chi connectivity index (χ4v) is 6.10. The van der Waals surface area contributed by atoms with E-state index in [1.165, 1.54) is 11.3 Å². The van der Waals surface area contributed by atoms with Crippen molar-refractivity contribution in [2.75, 3.05) is 0 Å². The van der Waals surface area contributed by atoms with E-state index >= 15 is 0 Å². The fourth-order valence-electron chi connectivity index (χ4n) is 2.34. The third-order valence-electron chi connectivity index (χ3n) is 3.81. The standard InChI is InChI=1S/C20H18O3S3/c1-15-5-9-17(10-6-15)25(21)20(19-4-3-13-24-19)14-26(22,23)18-11-7-16(2)8-12-18/h3-14H,1-2H3/b20-14+. The minimum atomic E-state index is -3.71. The van der Waals surface area contributed by atoms with Crippen LogP contribution in [-0.4, -0.2) is 12.6 Å². The van der Waals surface area contributed by atoms with Crippen LogP contribution < -0.4 is 0 Å². The van der Waals surface area contributed by atoms with Crippen molar-refractivity contribution in [2.45, 2.75) is 23.6 Å². The monoisotopic (exact) mass is 402 g/mol. The molecule has 0 amide bonds. The summed E-state index contributed by atoms with van der Waals surface area (Å²) in [6.07, 6.45) is 0. The van der Waals surface area contributed by atoms with Crippen molar-refractivity contribution in [1.82, 2.24) is 0 Å². The normalized spacial score (nSPS) is 13.5. The highest BCUT2D eigenvalue weighted by Gasteiger charge is 2.20. The molecule has 3 rings (SSSR count). The van der Waals surface area contributed by atoms with Gasteiger partial charge in [0, 0.05) is 9.77 Å². The van der Waals surface area contributed by atoms with E-state index in [-0.39, 0.29) is 4.90 Å². The molecule has 0 spiro atoms. The van der Waals surface area contributed by atoms with Gasteiger partial charge in [-0.25, -0.2) is 12.6 Å². The summed E-state index contributed by atoms with van der Waals surface area (Å²) in [5.41, 5.74) is 2.04. The second kappa shape index (κ2) is 7.70.